The lowest BCUT2D eigenvalue weighted by Gasteiger charge is -2.27. The molecule has 1 unspecified atom stereocenters. The predicted molar refractivity (Wildman–Crippen MR) is 68.3 cm³/mol. The van der Waals surface area contributed by atoms with Gasteiger partial charge < -0.3 is 10.1 Å². The molecule has 0 aromatic heterocycles. The molecular formula is C14H21NO. The number of benzene rings is 1. The Morgan fingerprint density at radius 1 is 1.44 bits per heavy atom. The molecule has 1 aromatic carbocycles. The van der Waals surface area contributed by atoms with E-state index in [0.29, 0.717) is 6.04 Å². The minimum Gasteiger partial charge on any atom is -0.497 e. The first-order valence-electron chi connectivity index (χ1n) is 6.27. The predicted octanol–water partition coefficient (Wildman–Crippen LogP) is 3.61. The van der Waals surface area contributed by atoms with Crippen LogP contribution in [0.25, 0.3) is 0 Å². The number of anilines is 1. The lowest BCUT2D eigenvalue weighted by molar-refractivity contribution is 0.414. The van der Waals surface area contributed by atoms with Crippen molar-refractivity contribution in [1.29, 1.82) is 0 Å². The van der Waals surface area contributed by atoms with Crippen LogP contribution in [0.2, 0.25) is 0 Å². The summed E-state index contributed by atoms with van der Waals surface area (Å²) in [6.07, 6.45) is 6.33. The van der Waals surface area contributed by atoms with Crippen molar-refractivity contribution >= 4 is 5.69 Å². The van der Waals surface area contributed by atoms with Crippen LogP contribution in [0.4, 0.5) is 5.69 Å². The first-order valence-corrected chi connectivity index (χ1v) is 6.27. The highest BCUT2D eigenvalue weighted by Crippen LogP contribution is 2.29. The zero-order valence-electron chi connectivity index (χ0n) is 10.3. The highest BCUT2D eigenvalue weighted by molar-refractivity contribution is 5.56. The van der Waals surface area contributed by atoms with E-state index in [1.165, 1.54) is 43.4 Å². The summed E-state index contributed by atoms with van der Waals surface area (Å²) in [4.78, 5) is 0. The van der Waals surface area contributed by atoms with Gasteiger partial charge in [0.25, 0.3) is 0 Å². The standard InChI is InChI=1S/C14H21NO/c1-3-4-5-12-7-6-11-10-13(16-2)8-9-14(11)15-12/h8-10,12,15H,3-7H2,1-2H3. The Hall–Kier alpha value is -1.18. The second-order valence-corrected chi connectivity index (χ2v) is 4.55. The number of methoxy groups -OCH3 is 1. The van der Waals surface area contributed by atoms with E-state index < -0.39 is 0 Å². The van der Waals surface area contributed by atoms with E-state index in [1.54, 1.807) is 7.11 Å². The summed E-state index contributed by atoms with van der Waals surface area (Å²) >= 11 is 0. The second kappa shape index (κ2) is 5.24. The van der Waals surface area contributed by atoms with Crippen molar-refractivity contribution in [3.05, 3.63) is 23.8 Å². The van der Waals surface area contributed by atoms with Crippen molar-refractivity contribution in [1.82, 2.24) is 0 Å². The first-order chi connectivity index (χ1) is 7.83. The normalized spacial score (nSPS) is 18.8. The van der Waals surface area contributed by atoms with Crippen molar-refractivity contribution in [2.75, 3.05) is 12.4 Å². The molecule has 0 spiro atoms. The SMILES string of the molecule is CCCCC1CCc2cc(OC)ccc2N1. The van der Waals surface area contributed by atoms with Crippen LogP contribution in [0.3, 0.4) is 0 Å². The van der Waals surface area contributed by atoms with Crippen molar-refractivity contribution in [2.45, 2.75) is 45.1 Å². The van der Waals surface area contributed by atoms with E-state index in [1.807, 2.05) is 6.07 Å². The Kier molecular flexibility index (Phi) is 3.70. The van der Waals surface area contributed by atoms with Crippen molar-refractivity contribution in [3.63, 3.8) is 0 Å². The molecule has 0 fully saturated rings. The monoisotopic (exact) mass is 219 g/mol. The van der Waals surface area contributed by atoms with Gasteiger partial charge in [-0.1, -0.05) is 19.8 Å². The number of hydrogen-bond acceptors (Lipinski definition) is 2. The Bertz CT molecular complexity index is 349. The fourth-order valence-corrected chi connectivity index (χ4v) is 2.33. The van der Waals surface area contributed by atoms with Gasteiger partial charge in [-0.3, -0.25) is 0 Å². The number of unbranched alkanes of at least 4 members (excludes halogenated alkanes) is 1. The van der Waals surface area contributed by atoms with Crippen LogP contribution >= 0.6 is 0 Å². The third-order valence-electron chi connectivity index (χ3n) is 3.34. The highest BCUT2D eigenvalue weighted by Gasteiger charge is 2.17. The van der Waals surface area contributed by atoms with Crippen molar-refractivity contribution < 1.29 is 4.74 Å². The van der Waals surface area contributed by atoms with Gasteiger partial charge in [0.15, 0.2) is 0 Å². The lowest BCUT2D eigenvalue weighted by Crippen LogP contribution is -2.25. The summed E-state index contributed by atoms with van der Waals surface area (Å²) in [6.45, 7) is 2.25. The Labute approximate surface area is 98.0 Å². The van der Waals surface area contributed by atoms with Gasteiger partial charge in [-0.25, -0.2) is 0 Å². The number of rotatable bonds is 4. The van der Waals surface area contributed by atoms with Crippen LogP contribution < -0.4 is 10.1 Å². The molecule has 2 nitrogen and oxygen atoms in total. The lowest BCUT2D eigenvalue weighted by atomic mass is 9.95. The highest BCUT2D eigenvalue weighted by atomic mass is 16.5. The number of nitrogens with one attached hydrogen (secondary N) is 1. The van der Waals surface area contributed by atoms with E-state index in [0.717, 1.165) is 5.75 Å². The minimum absolute atomic E-state index is 0.667. The van der Waals surface area contributed by atoms with Crippen LogP contribution in [-0.4, -0.2) is 13.2 Å². The molecule has 0 saturated carbocycles. The number of hydrogen-bond donors (Lipinski definition) is 1. The zero-order valence-corrected chi connectivity index (χ0v) is 10.3. The molecular weight excluding hydrogens is 198 g/mol. The maximum absolute atomic E-state index is 5.24. The molecule has 0 amide bonds. The van der Waals surface area contributed by atoms with Gasteiger partial charge in [0, 0.05) is 11.7 Å². The van der Waals surface area contributed by atoms with Gasteiger partial charge in [-0.15, -0.1) is 0 Å². The average molecular weight is 219 g/mol. The number of ether oxygens (including phenoxy) is 1. The molecule has 0 saturated heterocycles. The molecule has 1 atom stereocenters. The summed E-state index contributed by atoms with van der Waals surface area (Å²) in [5.41, 5.74) is 2.69. The van der Waals surface area contributed by atoms with E-state index in [4.69, 9.17) is 4.74 Å². The summed E-state index contributed by atoms with van der Waals surface area (Å²) < 4.78 is 5.24. The average Bonchev–Trinajstić information content (AvgIpc) is 2.35. The van der Waals surface area contributed by atoms with Gasteiger partial charge in [0.05, 0.1) is 7.11 Å². The molecule has 1 aliphatic heterocycles. The van der Waals surface area contributed by atoms with Crippen LogP contribution in [0.15, 0.2) is 18.2 Å². The summed E-state index contributed by atoms with van der Waals surface area (Å²) in [5.74, 6) is 0.965. The van der Waals surface area contributed by atoms with E-state index in [9.17, 15) is 0 Å². The second-order valence-electron chi connectivity index (χ2n) is 4.55. The van der Waals surface area contributed by atoms with Gasteiger partial charge in [0.1, 0.15) is 5.75 Å². The zero-order chi connectivity index (χ0) is 11.4. The van der Waals surface area contributed by atoms with E-state index in [-0.39, 0.29) is 0 Å². The maximum atomic E-state index is 5.24. The molecule has 16 heavy (non-hydrogen) atoms. The quantitative estimate of drug-likeness (QED) is 0.835. The van der Waals surface area contributed by atoms with Gasteiger partial charge in [0.2, 0.25) is 0 Å². The molecule has 2 heteroatoms. The van der Waals surface area contributed by atoms with Crippen LogP contribution in [0.5, 0.6) is 5.75 Å². The fraction of sp³-hybridized carbons (Fsp3) is 0.571. The Balaban J connectivity index is 2.04. The van der Waals surface area contributed by atoms with E-state index >= 15 is 0 Å². The number of fused-ring (bicyclic) bond motifs is 1. The number of aryl methyl sites for hydroxylation is 1. The van der Waals surface area contributed by atoms with Gasteiger partial charge in [-0.2, -0.15) is 0 Å². The van der Waals surface area contributed by atoms with Gasteiger partial charge >= 0.3 is 0 Å². The molecule has 1 aliphatic rings. The van der Waals surface area contributed by atoms with Crippen molar-refractivity contribution in [2.24, 2.45) is 0 Å². The smallest absolute Gasteiger partial charge is 0.119 e. The maximum Gasteiger partial charge on any atom is 0.119 e. The summed E-state index contributed by atoms with van der Waals surface area (Å²) in [5, 5.41) is 3.63. The Morgan fingerprint density at radius 2 is 2.31 bits per heavy atom. The van der Waals surface area contributed by atoms with Crippen molar-refractivity contribution in [3.8, 4) is 5.75 Å². The van der Waals surface area contributed by atoms with Crippen LogP contribution in [0.1, 0.15) is 38.2 Å². The molecule has 88 valence electrons. The molecule has 2 rings (SSSR count). The molecule has 1 aromatic rings. The van der Waals surface area contributed by atoms with Gasteiger partial charge in [-0.05, 0) is 43.0 Å². The summed E-state index contributed by atoms with van der Waals surface area (Å²) in [6, 6.07) is 7.00. The summed E-state index contributed by atoms with van der Waals surface area (Å²) in [7, 11) is 1.72. The molecule has 1 N–H and O–H groups in total. The van der Waals surface area contributed by atoms with E-state index in [2.05, 4.69) is 24.4 Å². The molecule has 0 bridgehead atoms. The first kappa shape index (κ1) is 11.3. The largest absolute Gasteiger partial charge is 0.497 e. The molecule has 0 radical (unpaired) electrons. The topological polar surface area (TPSA) is 21.3 Å². The molecule has 1 heterocycles. The third-order valence-corrected chi connectivity index (χ3v) is 3.34. The third kappa shape index (κ3) is 2.49. The Morgan fingerprint density at radius 3 is 3.06 bits per heavy atom. The minimum atomic E-state index is 0.667. The van der Waals surface area contributed by atoms with Crippen LogP contribution in [0, 0.1) is 0 Å². The fourth-order valence-electron chi connectivity index (χ4n) is 2.33. The van der Waals surface area contributed by atoms with Crippen LogP contribution in [-0.2, 0) is 6.42 Å². The molecule has 0 aliphatic carbocycles.